The number of aromatic nitrogens is 2. The number of carbonyl (C=O) groups excluding carboxylic acids is 1. The zero-order valence-corrected chi connectivity index (χ0v) is 8.90. The molecular weight excluding hydrogens is 221 g/mol. The van der Waals surface area contributed by atoms with E-state index >= 15 is 0 Å². The summed E-state index contributed by atoms with van der Waals surface area (Å²) in [5.74, 6) is -0.123. The van der Waals surface area contributed by atoms with Crippen molar-refractivity contribution in [1.29, 1.82) is 0 Å². The molecule has 17 heavy (non-hydrogen) atoms. The van der Waals surface area contributed by atoms with Crippen LogP contribution in [-0.4, -0.2) is 16.1 Å². The van der Waals surface area contributed by atoms with Gasteiger partial charge in [-0.15, -0.1) is 0 Å². The van der Waals surface area contributed by atoms with Gasteiger partial charge in [-0.3, -0.25) is 9.89 Å². The molecule has 0 saturated heterocycles. The SMILES string of the molecule is O=C1CC(c2ccccc2F)c2cn[nH]c2N1. The Labute approximate surface area is 96.9 Å². The van der Waals surface area contributed by atoms with Crippen molar-refractivity contribution in [2.24, 2.45) is 0 Å². The highest BCUT2D eigenvalue weighted by atomic mass is 19.1. The van der Waals surface area contributed by atoms with Crippen LogP contribution in [0.5, 0.6) is 0 Å². The highest BCUT2D eigenvalue weighted by Crippen LogP contribution is 2.36. The standard InChI is InChI=1S/C12H10FN3O/c13-10-4-2-1-3-7(10)8-5-11(17)15-12-9(8)6-14-16-12/h1-4,6,8H,5H2,(H2,14,15,16,17). The summed E-state index contributed by atoms with van der Waals surface area (Å²) < 4.78 is 13.7. The number of hydrogen-bond acceptors (Lipinski definition) is 2. The molecule has 0 spiro atoms. The van der Waals surface area contributed by atoms with Gasteiger partial charge in [-0.05, 0) is 11.6 Å². The molecule has 0 fully saturated rings. The fourth-order valence-corrected chi connectivity index (χ4v) is 2.18. The Bertz CT molecular complexity index is 579. The Morgan fingerprint density at radius 2 is 2.12 bits per heavy atom. The molecule has 0 radical (unpaired) electrons. The van der Waals surface area contributed by atoms with Crippen LogP contribution in [0.2, 0.25) is 0 Å². The first kappa shape index (κ1) is 10.0. The summed E-state index contributed by atoms with van der Waals surface area (Å²) in [5, 5.41) is 9.26. The number of fused-ring (bicyclic) bond motifs is 1. The molecule has 0 aliphatic carbocycles. The fraction of sp³-hybridized carbons (Fsp3) is 0.167. The van der Waals surface area contributed by atoms with Crippen molar-refractivity contribution in [3.8, 4) is 0 Å². The van der Waals surface area contributed by atoms with Crippen molar-refractivity contribution in [2.45, 2.75) is 12.3 Å². The van der Waals surface area contributed by atoms with Crippen molar-refractivity contribution < 1.29 is 9.18 Å². The first-order valence-electron chi connectivity index (χ1n) is 5.33. The Hall–Kier alpha value is -2.17. The van der Waals surface area contributed by atoms with Gasteiger partial charge in [0, 0.05) is 17.9 Å². The molecule has 86 valence electrons. The Morgan fingerprint density at radius 1 is 1.29 bits per heavy atom. The van der Waals surface area contributed by atoms with Gasteiger partial charge in [0.1, 0.15) is 11.6 Å². The molecule has 1 amide bonds. The summed E-state index contributed by atoms with van der Waals surface area (Å²) >= 11 is 0. The van der Waals surface area contributed by atoms with Gasteiger partial charge in [0.25, 0.3) is 0 Å². The zero-order valence-electron chi connectivity index (χ0n) is 8.90. The first-order chi connectivity index (χ1) is 8.25. The third kappa shape index (κ3) is 1.60. The Morgan fingerprint density at radius 3 is 2.94 bits per heavy atom. The van der Waals surface area contributed by atoms with Crippen LogP contribution < -0.4 is 5.32 Å². The van der Waals surface area contributed by atoms with Gasteiger partial charge in [0.2, 0.25) is 5.91 Å². The largest absolute Gasteiger partial charge is 0.311 e. The third-order valence-corrected chi connectivity index (χ3v) is 2.98. The van der Waals surface area contributed by atoms with Crippen LogP contribution in [0.4, 0.5) is 10.2 Å². The van der Waals surface area contributed by atoms with Crippen molar-refractivity contribution in [1.82, 2.24) is 10.2 Å². The summed E-state index contributed by atoms with van der Waals surface area (Å²) in [6.45, 7) is 0. The summed E-state index contributed by atoms with van der Waals surface area (Å²) in [7, 11) is 0. The van der Waals surface area contributed by atoms with Crippen molar-refractivity contribution in [2.75, 3.05) is 5.32 Å². The van der Waals surface area contributed by atoms with E-state index in [-0.39, 0.29) is 24.1 Å². The smallest absolute Gasteiger partial charge is 0.226 e. The molecule has 1 unspecified atom stereocenters. The minimum absolute atomic E-state index is 0.130. The van der Waals surface area contributed by atoms with E-state index in [4.69, 9.17) is 0 Å². The summed E-state index contributed by atoms with van der Waals surface area (Å²) in [6.07, 6.45) is 1.87. The van der Waals surface area contributed by atoms with E-state index < -0.39 is 0 Å². The van der Waals surface area contributed by atoms with E-state index in [9.17, 15) is 9.18 Å². The zero-order chi connectivity index (χ0) is 11.8. The molecule has 3 rings (SSSR count). The number of nitrogens with zero attached hydrogens (tertiary/aromatic N) is 1. The number of halogens is 1. The maximum atomic E-state index is 13.7. The first-order valence-corrected chi connectivity index (χ1v) is 5.33. The van der Waals surface area contributed by atoms with Crippen molar-refractivity contribution >= 4 is 11.7 Å². The maximum absolute atomic E-state index is 13.7. The van der Waals surface area contributed by atoms with E-state index in [0.717, 1.165) is 5.56 Å². The molecule has 1 aromatic heterocycles. The average Bonchev–Trinajstić information content (AvgIpc) is 2.76. The fourth-order valence-electron chi connectivity index (χ4n) is 2.18. The molecule has 4 nitrogen and oxygen atoms in total. The molecule has 0 bridgehead atoms. The van der Waals surface area contributed by atoms with Gasteiger partial charge in [0.15, 0.2) is 0 Å². The van der Waals surface area contributed by atoms with Crippen LogP contribution in [0, 0.1) is 5.82 Å². The molecular formula is C12H10FN3O. The molecule has 0 saturated carbocycles. The van der Waals surface area contributed by atoms with Crippen LogP contribution in [0.25, 0.3) is 0 Å². The van der Waals surface area contributed by atoms with E-state index in [2.05, 4.69) is 15.5 Å². The van der Waals surface area contributed by atoms with Crippen LogP contribution in [0.3, 0.4) is 0 Å². The monoisotopic (exact) mass is 231 g/mol. The van der Waals surface area contributed by atoms with Crippen LogP contribution in [0.1, 0.15) is 23.5 Å². The van der Waals surface area contributed by atoms with E-state index in [1.54, 1.807) is 24.4 Å². The molecule has 5 heteroatoms. The normalized spacial score (nSPS) is 18.6. The maximum Gasteiger partial charge on any atom is 0.226 e. The van der Waals surface area contributed by atoms with E-state index in [0.29, 0.717) is 11.4 Å². The van der Waals surface area contributed by atoms with Gasteiger partial charge in [0.05, 0.1) is 6.20 Å². The van der Waals surface area contributed by atoms with Gasteiger partial charge in [-0.2, -0.15) is 5.10 Å². The molecule has 1 aliphatic heterocycles. The number of benzene rings is 1. The van der Waals surface area contributed by atoms with Crippen LogP contribution >= 0.6 is 0 Å². The number of rotatable bonds is 1. The van der Waals surface area contributed by atoms with Gasteiger partial charge in [-0.25, -0.2) is 4.39 Å². The molecule has 2 aromatic rings. The number of amides is 1. The lowest BCUT2D eigenvalue weighted by Crippen LogP contribution is -2.23. The number of carbonyl (C=O) groups is 1. The number of nitrogens with one attached hydrogen (secondary N) is 2. The molecule has 1 aromatic carbocycles. The summed E-state index contributed by atoms with van der Waals surface area (Å²) in [4.78, 5) is 11.5. The predicted octanol–water partition coefficient (Wildman–Crippen LogP) is 2.02. The van der Waals surface area contributed by atoms with Crippen LogP contribution in [-0.2, 0) is 4.79 Å². The minimum atomic E-state index is -0.292. The lowest BCUT2D eigenvalue weighted by molar-refractivity contribution is -0.116. The number of anilines is 1. The number of aromatic amines is 1. The minimum Gasteiger partial charge on any atom is -0.311 e. The van der Waals surface area contributed by atoms with E-state index in [1.807, 2.05) is 0 Å². The van der Waals surface area contributed by atoms with E-state index in [1.165, 1.54) is 6.07 Å². The highest BCUT2D eigenvalue weighted by molar-refractivity contribution is 5.94. The lowest BCUT2D eigenvalue weighted by atomic mass is 9.87. The molecule has 2 N–H and O–H groups in total. The second-order valence-electron chi connectivity index (χ2n) is 4.03. The Balaban J connectivity index is 2.11. The molecule has 2 heterocycles. The number of hydrogen-bond donors (Lipinski definition) is 2. The lowest BCUT2D eigenvalue weighted by Gasteiger charge is -2.22. The topological polar surface area (TPSA) is 57.8 Å². The van der Waals surface area contributed by atoms with Gasteiger partial charge < -0.3 is 5.32 Å². The summed E-state index contributed by atoms with van der Waals surface area (Å²) in [6, 6.07) is 6.51. The highest BCUT2D eigenvalue weighted by Gasteiger charge is 2.29. The van der Waals surface area contributed by atoms with Gasteiger partial charge >= 0.3 is 0 Å². The second-order valence-corrected chi connectivity index (χ2v) is 4.03. The van der Waals surface area contributed by atoms with Crippen LogP contribution in [0.15, 0.2) is 30.5 Å². The second kappa shape index (κ2) is 3.69. The summed E-state index contributed by atoms with van der Waals surface area (Å²) in [5.41, 5.74) is 1.36. The quantitative estimate of drug-likeness (QED) is 0.788. The third-order valence-electron chi connectivity index (χ3n) is 2.98. The molecule has 1 atom stereocenters. The number of H-pyrrole nitrogens is 1. The average molecular weight is 231 g/mol. The van der Waals surface area contributed by atoms with Crippen molar-refractivity contribution in [3.05, 3.63) is 47.4 Å². The molecule has 1 aliphatic rings. The van der Waals surface area contributed by atoms with Crippen molar-refractivity contribution in [3.63, 3.8) is 0 Å². The predicted molar refractivity (Wildman–Crippen MR) is 60.1 cm³/mol. The Kier molecular flexibility index (Phi) is 2.18. The van der Waals surface area contributed by atoms with Gasteiger partial charge in [-0.1, -0.05) is 18.2 Å².